The molecule has 2 aromatic carbocycles. The molecule has 2 N–H and O–H groups in total. The zero-order chi connectivity index (χ0) is 21.1. The van der Waals surface area contributed by atoms with Gasteiger partial charge in [-0.3, -0.25) is 9.59 Å². The molecule has 2 aromatic rings. The van der Waals surface area contributed by atoms with Crippen molar-refractivity contribution in [2.75, 3.05) is 27.2 Å². The molecule has 0 radical (unpaired) electrons. The van der Waals surface area contributed by atoms with Gasteiger partial charge in [0.15, 0.2) is 0 Å². The Hall–Kier alpha value is -3.06. The highest BCUT2D eigenvalue weighted by Crippen LogP contribution is 2.39. The van der Waals surface area contributed by atoms with Gasteiger partial charge in [-0.2, -0.15) is 0 Å². The third-order valence-corrected chi connectivity index (χ3v) is 4.92. The fraction of sp³-hybridized carbons (Fsp3) is 0.273. The van der Waals surface area contributed by atoms with Gasteiger partial charge in [0.1, 0.15) is 17.4 Å². The van der Waals surface area contributed by atoms with Gasteiger partial charge in [-0.15, -0.1) is 0 Å². The number of amides is 1. The first-order valence-electron chi connectivity index (χ1n) is 9.38. The number of ketones is 1. The Bertz CT molecular complexity index is 938. The van der Waals surface area contributed by atoms with E-state index in [4.69, 9.17) is 0 Å². The molecule has 29 heavy (non-hydrogen) atoms. The molecule has 5 nitrogen and oxygen atoms in total. The molecule has 0 spiro atoms. The molecule has 152 valence electrons. The lowest BCUT2D eigenvalue weighted by molar-refractivity contribution is -0.858. The Morgan fingerprint density at radius 2 is 1.55 bits per heavy atom. The van der Waals surface area contributed by atoms with Gasteiger partial charge in [-0.1, -0.05) is 12.1 Å². The molecular formula is C22H23F2N2O3+. The highest BCUT2D eigenvalue weighted by atomic mass is 19.1. The van der Waals surface area contributed by atoms with Crippen molar-refractivity contribution in [1.29, 1.82) is 0 Å². The second kappa shape index (κ2) is 8.53. The maximum atomic E-state index is 13.4. The van der Waals surface area contributed by atoms with E-state index in [1.54, 1.807) is 0 Å². The van der Waals surface area contributed by atoms with Gasteiger partial charge in [0.2, 0.25) is 0 Å². The van der Waals surface area contributed by atoms with Gasteiger partial charge in [0.25, 0.3) is 11.7 Å². The topological polar surface area (TPSA) is 62.0 Å². The number of Topliss-reactive ketones (excluding diaryl/α,β-unsaturated/α-hetero) is 1. The number of hydrogen-bond acceptors (Lipinski definition) is 3. The van der Waals surface area contributed by atoms with Crippen LogP contribution in [0.2, 0.25) is 0 Å². The molecule has 1 fully saturated rings. The van der Waals surface area contributed by atoms with Crippen molar-refractivity contribution >= 4 is 17.4 Å². The molecule has 1 heterocycles. The highest BCUT2D eigenvalue weighted by molar-refractivity contribution is 6.46. The summed E-state index contributed by atoms with van der Waals surface area (Å²) in [7, 11) is 3.97. The van der Waals surface area contributed by atoms with E-state index in [9.17, 15) is 23.5 Å². The quantitative estimate of drug-likeness (QED) is 0.442. The van der Waals surface area contributed by atoms with Gasteiger partial charge < -0.3 is 14.9 Å². The van der Waals surface area contributed by atoms with Crippen LogP contribution < -0.4 is 4.90 Å². The van der Waals surface area contributed by atoms with Crippen molar-refractivity contribution in [1.82, 2.24) is 4.90 Å². The first-order chi connectivity index (χ1) is 13.8. The van der Waals surface area contributed by atoms with E-state index in [-0.39, 0.29) is 16.9 Å². The van der Waals surface area contributed by atoms with Crippen molar-refractivity contribution in [3.05, 3.63) is 76.9 Å². The minimum atomic E-state index is -0.835. The smallest absolute Gasteiger partial charge is 0.295 e. The summed E-state index contributed by atoms with van der Waals surface area (Å²) in [5.41, 5.74) is 0.672. The maximum absolute atomic E-state index is 13.4. The van der Waals surface area contributed by atoms with Gasteiger partial charge in [-0.05, 0) is 42.0 Å². The summed E-state index contributed by atoms with van der Waals surface area (Å²) in [4.78, 5) is 28.1. The lowest BCUT2D eigenvalue weighted by Crippen LogP contribution is -3.05. The zero-order valence-electron chi connectivity index (χ0n) is 16.3. The van der Waals surface area contributed by atoms with Crippen LogP contribution in [0.4, 0.5) is 8.78 Å². The Balaban J connectivity index is 2.07. The van der Waals surface area contributed by atoms with Gasteiger partial charge in [0.05, 0.1) is 32.3 Å². The highest BCUT2D eigenvalue weighted by Gasteiger charge is 2.45. The summed E-state index contributed by atoms with van der Waals surface area (Å²) in [6.07, 6.45) is 0.656. The SMILES string of the molecule is C[NH+](C)CCCN1C(=O)C(=O)C(=C(O)c2ccc(F)cc2)C1c1ccc(F)cc1. The lowest BCUT2D eigenvalue weighted by Gasteiger charge is -2.25. The van der Waals surface area contributed by atoms with E-state index in [2.05, 4.69) is 0 Å². The van der Waals surface area contributed by atoms with Gasteiger partial charge >= 0.3 is 0 Å². The first kappa shape index (κ1) is 20.7. The third kappa shape index (κ3) is 4.35. The summed E-state index contributed by atoms with van der Waals surface area (Å²) < 4.78 is 26.7. The molecule has 1 atom stereocenters. The fourth-order valence-electron chi connectivity index (χ4n) is 3.47. The normalized spacial score (nSPS) is 18.7. The molecule has 3 rings (SSSR count). The van der Waals surface area contributed by atoms with Gasteiger partial charge in [0, 0.05) is 18.5 Å². The Labute approximate surface area is 167 Å². The number of benzene rings is 2. The third-order valence-electron chi connectivity index (χ3n) is 4.92. The maximum Gasteiger partial charge on any atom is 0.295 e. The van der Waals surface area contributed by atoms with Crippen molar-refractivity contribution in [2.24, 2.45) is 0 Å². The first-order valence-corrected chi connectivity index (χ1v) is 9.38. The summed E-state index contributed by atoms with van der Waals surface area (Å²) in [5, 5.41) is 10.8. The number of hydrogen-bond donors (Lipinski definition) is 2. The standard InChI is InChI=1S/C22H22F2N2O3/c1-25(2)12-3-13-26-19(14-4-8-16(23)9-5-14)18(21(28)22(26)29)20(27)15-6-10-17(24)11-7-15/h4-11,19,27H,3,12-13H2,1-2H3/p+1. The molecule has 7 heteroatoms. The van der Waals surface area contributed by atoms with Crippen molar-refractivity contribution in [3.8, 4) is 0 Å². The predicted molar refractivity (Wildman–Crippen MR) is 104 cm³/mol. The van der Waals surface area contributed by atoms with E-state index in [0.29, 0.717) is 18.5 Å². The van der Waals surface area contributed by atoms with E-state index < -0.39 is 29.4 Å². The monoisotopic (exact) mass is 401 g/mol. The molecule has 1 aliphatic rings. The number of nitrogens with one attached hydrogen (secondary N) is 1. The summed E-state index contributed by atoms with van der Waals surface area (Å²) >= 11 is 0. The number of aliphatic hydroxyl groups is 1. The van der Waals surface area contributed by atoms with Crippen molar-refractivity contribution in [3.63, 3.8) is 0 Å². The summed E-state index contributed by atoms with van der Waals surface area (Å²) in [6.45, 7) is 1.11. The number of nitrogens with zero attached hydrogens (tertiary/aromatic N) is 1. The molecule has 1 unspecified atom stereocenters. The van der Waals surface area contributed by atoms with E-state index in [1.807, 2.05) is 14.1 Å². The minimum Gasteiger partial charge on any atom is -0.507 e. The van der Waals surface area contributed by atoms with Gasteiger partial charge in [-0.25, -0.2) is 8.78 Å². The molecule has 0 bridgehead atoms. The van der Waals surface area contributed by atoms with Crippen molar-refractivity contribution < 1.29 is 28.4 Å². The number of aliphatic hydroxyl groups excluding tert-OH is 1. The molecule has 0 aromatic heterocycles. The van der Waals surface area contributed by atoms with Crippen LogP contribution in [0.25, 0.3) is 5.76 Å². The summed E-state index contributed by atoms with van der Waals surface area (Å²) in [6, 6.07) is 9.66. The van der Waals surface area contributed by atoms with Crippen LogP contribution in [0.1, 0.15) is 23.6 Å². The van der Waals surface area contributed by atoms with Crippen LogP contribution in [0.5, 0.6) is 0 Å². The van der Waals surface area contributed by atoms with Crippen LogP contribution >= 0.6 is 0 Å². The van der Waals surface area contributed by atoms with E-state index >= 15 is 0 Å². The van der Waals surface area contributed by atoms with Crippen molar-refractivity contribution in [2.45, 2.75) is 12.5 Å². The predicted octanol–water partition coefficient (Wildman–Crippen LogP) is 1.92. The Morgan fingerprint density at radius 3 is 2.10 bits per heavy atom. The largest absolute Gasteiger partial charge is 0.507 e. The molecule has 0 aliphatic carbocycles. The van der Waals surface area contributed by atoms with Crippen LogP contribution in [0.15, 0.2) is 54.1 Å². The number of halogens is 2. The number of carbonyl (C=O) groups is 2. The van der Waals surface area contributed by atoms with Crippen LogP contribution in [0, 0.1) is 11.6 Å². The molecular weight excluding hydrogens is 378 g/mol. The number of quaternary nitrogens is 1. The number of rotatable bonds is 6. The lowest BCUT2D eigenvalue weighted by atomic mass is 9.95. The second-order valence-electron chi connectivity index (χ2n) is 7.36. The second-order valence-corrected chi connectivity index (χ2v) is 7.36. The Kier molecular flexibility index (Phi) is 6.08. The molecule has 1 saturated heterocycles. The Morgan fingerprint density at radius 1 is 1.00 bits per heavy atom. The summed E-state index contributed by atoms with van der Waals surface area (Å²) in [5.74, 6) is -2.82. The molecule has 0 saturated carbocycles. The zero-order valence-corrected chi connectivity index (χ0v) is 16.3. The minimum absolute atomic E-state index is 0.0783. The molecule has 1 aliphatic heterocycles. The van der Waals surface area contributed by atoms with Crippen LogP contribution in [0.3, 0.4) is 0 Å². The van der Waals surface area contributed by atoms with Crippen LogP contribution in [-0.4, -0.2) is 48.9 Å². The average Bonchev–Trinajstić information content (AvgIpc) is 2.93. The molecule has 1 amide bonds. The van der Waals surface area contributed by atoms with E-state index in [0.717, 1.165) is 18.7 Å². The number of carbonyl (C=O) groups excluding carboxylic acids is 2. The fourth-order valence-corrected chi connectivity index (χ4v) is 3.47. The average molecular weight is 401 g/mol. The number of likely N-dealkylation sites (tertiary alicyclic amines) is 1. The van der Waals surface area contributed by atoms with Crippen LogP contribution in [-0.2, 0) is 9.59 Å². The van der Waals surface area contributed by atoms with E-state index in [1.165, 1.54) is 46.2 Å².